The van der Waals surface area contributed by atoms with Crippen LogP contribution in [0.3, 0.4) is 0 Å². The van der Waals surface area contributed by atoms with E-state index < -0.39 is 5.79 Å². The highest BCUT2D eigenvalue weighted by molar-refractivity contribution is 5.22. The molecule has 3 nitrogen and oxygen atoms in total. The van der Waals surface area contributed by atoms with Gasteiger partial charge < -0.3 is 14.2 Å². The van der Waals surface area contributed by atoms with Crippen LogP contribution in [0.2, 0.25) is 0 Å². The lowest BCUT2D eigenvalue weighted by molar-refractivity contribution is -0.282. The van der Waals surface area contributed by atoms with Gasteiger partial charge in [-0.3, -0.25) is 0 Å². The Labute approximate surface area is 197 Å². The summed E-state index contributed by atoms with van der Waals surface area (Å²) < 4.78 is 19.4. The van der Waals surface area contributed by atoms with E-state index in [9.17, 15) is 0 Å². The van der Waals surface area contributed by atoms with Crippen LogP contribution in [-0.4, -0.2) is 25.4 Å². The molecule has 32 heavy (non-hydrogen) atoms. The second-order valence-corrected chi connectivity index (χ2v) is 10.1. The van der Waals surface area contributed by atoms with Gasteiger partial charge in [-0.2, -0.15) is 0 Å². The molecular formula is C29H48O3. The van der Waals surface area contributed by atoms with Crippen molar-refractivity contribution in [3.05, 3.63) is 35.9 Å². The van der Waals surface area contributed by atoms with Gasteiger partial charge >= 0.3 is 0 Å². The predicted octanol–water partition coefficient (Wildman–Crippen LogP) is 8.02. The molecule has 0 N–H and O–H groups in total. The normalized spacial score (nSPS) is 23.7. The van der Waals surface area contributed by atoms with Crippen LogP contribution in [0.15, 0.2) is 30.3 Å². The molecule has 3 heteroatoms. The standard InChI is InChI=1S/C29H48O3/c1-4-7-8-9-10-12-17-26(22-24-18-19-27-28(23-24)32-27)29(30-20-5-2,31-21-6-3)25-15-13-11-14-16-25/h11,13-16,24,26-28H,4-10,12,17-23H2,1-3H3. The van der Waals surface area contributed by atoms with E-state index in [1.165, 1.54) is 76.2 Å². The van der Waals surface area contributed by atoms with Crippen molar-refractivity contribution in [2.75, 3.05) is 13.2 Å². The highest BCUT2D eigenvalue weighted by atomic mass is 16.7. The smallest absolute Gasteiger partial charge is 0.197 e. The van der Waals surface area contributed by atoms with E-state index in [2.05, 4.69) is 51.1 Å². The maximum Gasteiger partial charge on any atom is 0.197 e. The summed E-state index contributed by atoms with van der Waals surface area (Å²) in [4.78, 5) is 0. The van der Waals surface area contributed by atoms with Crippen LogP contribution >= 0.6 is 0 Å². The van der Waals surface area contributed by atoms with Gasteiger partial charge in [-0.25, -0.2) is 0 Å². The van der Waals surface area contributed by atoms with Gasteiger partial charge in [-0.15, -0.1) is 0 Å². The fourth-order valence-electron chi connectivity index (χ4n) is 5.59. The summed E-state index contributed by atoms with van der Waals surface area (Å²) in [7, 11) is 0. The van der Waals surface area contributed by atoms with Crippen molar-refractivity contribution in [2.24, 2.45) is 11.8 Å². The van der Waals surface area contributed by atoms with Crippen LogP contribution in [0.5, 0.6) is 0 Å². The van der Waals surface area contributed by atoms with Crippen molar-refractivity contribution < 1.29 is 14.2 Å². The number of hydrogen-bond donors (Lipinski definition) is 0. The lowest BCUT2D eigenvalue weighted by Gasteiger charge is -2.42. The zero-order chi connectivity index (χ0) is 22.7. The van der Waals surface area contributed by atoms with Crippen LogP contribution in [-0.2, 0) is 20.0 Å². The Morgan fingerprint density at radius 3 is 2.19 bits per heavy atom. The molecule has 1 saturated carbocycles. The molecule has 4 unspecified atom stereocenters. The van der Waals surface area contributed by atoms with E-state index in [1.807, 2.05) is 0 Å². The monoisotopic (exact) mass is 444 g/mol. The lowest BCUT2D eigenvalue weighted by atomic mass is 9.76. The Bertz CT molecular complexity index is 608. The summed E-state index contributed by atoms with van der Waals surface area (Å²) in [5, 5.41) is 0. The second kappa shape index (κ2) is 13.7. The van der Waals surface area contributed by atoms with Crippen molar-refractivity contribution in [1.29, 1.82) is 0 Å². The minimum atomic E-state index is -0.627. The average Bonchev–Trinajstić information content (AvgIpc) is 3.60. The molecule has 1 saturated heterocycles. The molecule has 1 aromatic carbocycles. The third-order valence-electron chi connectivity index (χ3n) is 7.39. The summed E-state index contributed by atoms with van der Waals surface area (Å²) in [5.74, 6) is 0.481. The number of rotatable bonds is 17. The SMILES string of the molecule is CCCCCCCCC(CC1CCC2OC2C1)C(OCCC)(OCCC)c1ccccc1. The fourth-order valence-corrected chi connectivity index (χ4v) is 5.59. The van der Waals surface area contributed by atoms with E-state index in [4.69, 9.17) is 14.2 Å². The molecular weight excluding hydrogens is 396 g/mol. The Hall–Kier alpha value is -0.900. The number of benzene rings is 1. The minimum Gasteiger partial charge on any atom is -0.370 e. The molecule has 4 atom stereocenters. The first-order chi connectivity index (χ1) is 15.7. The molecule has 0 aromatic heterocycles. The Kier molecular flexibility index (Phi) is 11.0. The van der Waals surface area contributed by atoms with E-state index in [0.717, 1.165) is 32.0 Å². The Morgan fingerprint density at radius 1 is 0.844 bits per heavy atom. The number of fused-ring (bicyclic) bond motifs is 1. The number of epoxide rings is 1. The summed E-state index contributed by atoms with van der Waals surface area (Å²) in [6.45, 7) is 8.17. The van der Waals surface area contributed by atoms with Gasteiger partial charge in [0.15, 0.2) is 5.79 Å². The van der Waals surface area contributed by atoms with Crippen molar-refractivity contribution >= 4 is 0 Å². The van der Waals surface area contributed by atoms with Crippen molar-refractivity contribution in [2.45, 2.75) is 122 Å². The van der Waals surface area contributed by atoms with Gasteiger partial charge in [-0.1, -0.05) is 89.6 Å². The predicted molar refractivity (Wildman–Crippen MR) is 133 cm³/mol. The summed E-state index contributed by atoms with van der Waals surface area (Å²) in [6, 6.07) is 10.8. The number of ether oxygens (including phenoxy) is 3. The zero-order valence-electron chi connectivity index (χ0n) is 21.0. The molecule has 3 rings (SSSR count). The molecule has 1 aliphatic heterocycles. The zero-order valence-corrected chi connectivity index (χ0v) is 21.0. The molecule has 0 bridgehead atoms. The van der Waals surface area contributed by atoms with Crippen LogP contribution in [0.25, 0.3) is 0 Å². The Balaban J connectivity index is 1.79. The summed E-state index contributed by atoms with van der Waals surface area (Å²) in [6.07, 6.45) is 17.2. The first-order valence-corrected chi connectivity index (χ1v) is 13.7. The first kappa shape index (κ1) is 25.7. The third-order valence-corrected chi connectivity index (χ3v) is 7.39. The summed E-state index contributed by atoms with van der Waals surface area (Å²) in [5.41, 5.74) is 1.20. The molecule has 0 spiro atoms. The van der Waals surface area contributed by atoms with Crippen molar-refractivity contribution in [3.8, 4) is 0 Å². The molecule has 1 aromatic rings. The highest BCUT2D eigenvalue weighted by Gasteiger charge is 2.47. The van der Waals surface area contributed by atoms with Crippen LogP contribution in [0.1, 0.15) is 110 Å². The van der Waals surface area contributed by atoms with E-state index in [1.54, 1.807) is 0 Å². The van der Waals surface area contributed by atoms with Gasteiger partial charge in [0, 0.05) is 11.5 Å². The van der Waals surface area contributed by atoms with Gasteiger partial charge in [0.05, 0.1) is 25.4 Å². The topological polar surface area (TPSA) is 31.0 Å². The number of unbranched alkanes of at least 4 members (excludes halogenated alkanes) is 5. The fraction of sp³-hybridized carbons (Fsp3) is 0.793. The molecule has 0 amide bonds. The van der Waals surface area contributed by atoms with Crippen molar-refractivity contribution in [1.82, 2.24) is 0 Å². The highest BCUT2D eigenvalue weighted by Crippen LogP contribution is 2.47. The molecule has 2 aliphatic rings. The summed E-state index contributed by atoms with van der Waals surface area (Å²) >= 11 is 0. The maximum absolute atomic E-state index is 6.75. The van der Waals surface area contributed by atoms with Gasteiger partial charge in [-0.05, 0) is 50.9 Å². The van der Waals surface area contributed by atoms with Crippen LogP contribution in [0, 0.1) is 11.8 Å². The first-order valence-electron chi connectivity index (χ1n) is 13.7. The molecule has 0 radical (unpaired) electrons. The second-order valence-electron chi connectivity index (χ2n) is 10.1. The molecule has 2 fully saturated rings. The van der Waals surface area contributed by atoms with E-state index in [-0.39, 0.29) is 0 Å². The Morgan fingerprint density at radius 2 is 1.53 bits per heavy atom. The third kappa shape index (κ3) is 7.30. The molecule has 182 valence electrons. The van der Waals surface area contributed by atoms with Gasteiger partial charge in [0.25, 0.3) is 0 Å². The average molecular weight is 445 g/mol. The minimum absolute atomic E-state index is 0.384. The maximum atomic E-state index is 6.75. The lowest BCUT2D eigenvalue weighted by Crippen LogP contribution is -2.43. The van der Waals surface area contributed by atoms with Gasteiger partial charge in [0.2, 0.25) is 0 Å². The van der Waals surface area contributed by atoms with Gasteiger partial charge in [0.1, 0.15) is 0 Å². The van der Waals surface area contributed by atoms with Crippen LogP contribution in [0.4, 0.5) is 0 Å². The molecule has 1 heterocycles. The van der Waals surface area contributed by atoms with Crippen molar-refractivity contribution in [3.63, 3.8) is 0 Å². The van der Waals surface area contributed by atoms with E-state index >= 15 is 0 Å². The molecule has 1 aliphatic carbocycles. The van der Waals surface area contributed by atoms with E-state index in [0.29, 0.717) is 18.1 Å². The largest absolute Gasteiger partial charge is 0.370 e. The van der Waals surface area contributed by atoms with Crippen LogP contribution < -0.4 is 0 Å². The quantitative estimate of drug-likeness (QED) is 0.138. The number of hydrogen-bond acceptors (Lipinski definition) is 3.